The molecule has 2 bridgehead atoms. The van der Waals surface area contributed by atoms with Crippen molar-refractivity contribution in [3.63, 3.8) is 0 Å². The second-order valence-corrected chi connectivity index (χ2v) is 20.7. The van der Waals surface area contributed by atoms with Crippen LogP contribution in [0.25, 0.3) is 11.1 Å². The summed E-state index contributed by atoms with van der Waals surface area (Å²) in [5.74, 6) is 2.63. The highest BCUT2D eigenvalue weighted by molar-refractivity contribution is 6.31. The Labute approximate surface area is 411 Å². The summed E-state index contributed by atoms with van der Waals surface area (Å²) in [6.07, 6.45) is 11.7. The van der Waals surface area contributed by atoms with E-state index in [1.807, 2.05) is 17.0 Å². The molecule has 2 atom stereocenters. The third-order valence-corrected chi connectivity index (χ3v) is 16.3. The molecule has 2 aromatic carbocycles. The molecular weight excluding hydrogens is 914 g/mol. The number of nitrogens with zero attached hydrogens (tertiary/aromatic N) is 11. The Hall–Kier alpha value is -6.12. The number of carbonyl (C=O) groups excluding carboxylic acids is 2. The number of rotatable bonds is 11. The molecule has 12 rings (SSSR count). The topological polar surface area (TPSA) is 154 Å². The van der Waals surface area contributed by atoms with E-state index in [4.69, 9.17) is 26.7 Å². The van der Waals surface area contributed by atoms with E-state index in [0.717, 1.165) is 119 Å². The molecule has 5 fully saturated rings. The summed E-state index contributed by atoms with van der Waals surface area (Å²) < 4.78 is 39.6. The molecule has 1 N–H and O–H groups in total. The number of anilines is 3. The summed E-state index contributed by atoms with van der Waals surface area (Å²) in [6, 6.07) is 15.7. The number of amides is 2. The maximum absolute atomic E-state index is 14.8. The monoisotopic (exact) mass is 972 g/mol. The zero-order valence-corrected chi connectivity index (χ0v) is 40.5. The zero-order chi connectivity index (χ0) is 48.2. The highest BCUT2D eigenvalue weighted by atomic mass is 35.5. The number of piperidine rings is 2. The molecule has 0 radical (unpaired) electrons. The Balaban J connectivity index is 0.694. The average molecular weight is 974 g/mol. The van der Waals surface area contributed by atoms with E-state index in [1.54, 1.807) is 61.4 Å². The van der Waals surface area contributed by atoms with Crippen LogP contribution >= 0.6 is 11.6 Å². The van der Waals surface area contributed by atoms with Crippen LogP contribution in [0, 0.1) is 17.2 Å². The molecule has 2 saturated carbocycles. The van der Waals surface area contributed by atoms with E-state index < -0.39 is 6.43 Å². The predicted octanol–water partition coefficient (Wildman–Crippen LogP) is 8.34. The highest BCUT2D eigenvalue weighted by Gasteiger charge is 2.48. The molecule has 0 spiro atoms. The van der Waals surface area contributed by atoms with Crippen LogP contribution in [0.5, 0.6) is 5.75 Å². The fourth-order valence-corrected chi connectivity index (χ4v) is 12.4. The second kappa shape index (κ2) is 19.2. The van der Waals surface area contributed by atoms with Gasteiger partial charge in [0.1, 0.15) is 11.8 Å². The molecular formula is C52H59ClF2N12O3. The molecule has 3 saturated heterocycles. The second-order valence-electron chi connectivity index (χ2n) is 20.3. The van der Waals surface area contributed by atoms with Crippen molar-refractivity contribution in [3.05, 3.63) is 93.5 Å². The smallest absolute Gasteiger partial charge is 0.272 e. The number of halogens is 3. The Kier molecular flexibility index (Phi) is 12.7. The van der Waals surface area contributed by atoms with Crippen molar-refractivity contribution in [2.75, 3.05) is 42.5 Å². The number of ether oxygens (including phenoxy) is 1. The first-order chi connectivity index (χ1) is 34.0. The Morgan fingerprint density at radius 2 is 1.73 bits per heavy atom. The van der Waals surface area contributed by atoms with Crippen LogP contribution in [0.3, 0.4) is 0 Å². The number of fused-ring (bicyclic) bond motifs is 4. The van der Waals surface area contributed by atoms with Crippen molar-refractivity contribution in [2.45, 2.75) is 127 Å². The lowest BCUT2D eigenvalue weighted by Crippen LogP contribution is -2.62. The number of alkyl halides is 2. The van der Waals surface area contributed by atoms with Gasteiger partial charge in [0.2, 0.25) is 5.91 Å². The number of hydrogen-bond acceptors (Lipinski definition) is 11. The first kappa shape index (κ1) is 46.3. The molecule has 2 unspecified atom stereocenters. The first-order valence-corrected chi connectivity index (χ1v) is 25.4. The van der Waals surface area contributed by atoms with Crippen molar-refractivity contribution in [1.29, 1.82) is 5.26 Å². The maximum atomic E-state index is 14.8. The fraction of sp³-hybridized carbons (Fsp3) is 0.519. The van der Waals surface area contributed by atoms with Crippen molar-refractivity contribution >= 4 is 40.7 Å². The lowest BCUT2D eigenvalue weighted by Gasteiger charge is -2.56. The Morgan fingerprint density at radius 1 is 0.943 bits per heavy atom. The van der Waals surface area contributed by atoms with Crippen molar-refractivity contribution in [1.82, 2.24) is 44.9 Å². The van der Waals surface area contributed by atoms with Gasteiger partial charge in [0, 0.05) is 112 Å². The summed E-state index contributed by atoms with van der Waals surface area (Å²) in [6.45, 7) is 6.25. The minimum Gasteiger partial charge on any atom is -0.490 e. The summed E-state index contributed by atoms with van der Waals surface area (Å²) in [7, 11) is 1.79. The predicted molar refractivity (Wildman–Crippen MR) is 260 cm³/mol. The normalized spacial score (nSPS) is 23.6. The molecule has 2 aliphatic carbocycles. The molecule has 70 heavy (non-hydrogen) atoms. The largest absolute Gasteiger partial charge is 0.490 e. The number of hydrogen-bond donors (Lipinski definition) is 1. The van der Waals surface area contributed by atoms with Gasteiger partial charge < -0.3 is 24.8 Å². The molecule has 3 aromatic heterocycles. The molecule has 15 nitrogen and oxygen atoms in total. The quantitative estimate of drug-likeness (QED) is 0.136. The van der Waals surface area contributed by atoms with E-state index in [9.17, 15) is 18.4 Å². The summed E-state index contributed by atoms with van der Waals surface area (Å²) in [4.78, 5) is 35.0. The molecule has 2 amide bonds. The van der Waals surface area contributed by atoms with Gasteiger partial charge in [-0.25, -0.2) is 8.78 Å². The molecule has 18 heteroatoms. The van der Waals surface area contributed by atoms with Gasteiger partial charge in [-0.3, -0.25) is 23.9 Å². The summed E-state index contributed by atoms with van der Waals surface area (Å²) >= 11 is 6.18. The van der Waals surface area contributed by atoms with Gasteiger partial charge in [-0.2, -0.15) is 15.5 Å². The highest BCUT2D eigenvalue weighted by Crippen LogP contribution is 2.48. The van der Waals surface area contributed by atoms with E-state index in [1.165, 1.54) is 12.1 Å². The number of aryl methyl sites for hydroxylation is 2. The van der Waals surface area contributed by atoms with E-state index in [0.29, 0.717) is 70.8 Å². The number of benzene rings is 2. The number of nitriles is 1. The molecule has 7 aliphatic rings. The minimum atomic E-state index is -2.66. The number of nitrogens with one attached hydrogen (secondary N) is 1. The third kappa shape index (κ3) is 9.09. The number of carbonyl (C=O) groups is 2. The van der Waals surface area contributed by atoms with Crippen molar-refractivity contribution in [2.24, 2.45) is 13.0 Å². The van der Waals surface area contributed by atoms with Crippen LogP contribution in [-0.2, 0) is 31.2 Å². The van der Waals surface area contributed by atoms with Gasteiger partial charge in [-0.1, -0.05) is 11.6 Å². The van der Waals surface area contributed by atoms with Crippen LogP contribution in [0.15, 0.2) is 54.9 Å². The van der Waals surface area contributed by atoms with Crippen LogP contribution in [0.1, 0.15) is 122 Å². The SMILES string of the molecule is CC(=O)N1CCc2c(c(N3CCCc4cc(-c5cnn(C)c5)c(C(F)F)cc43)nn2C2CC3CC(C2)N3CC2CCN(c3ccc(C(=O)NC4CCC(Oc5ccc(C#N)c(Cl)c5)CC4)nn3)CC2)C1. The van der Waals surface area contributed by atoms with E-state index >= 15 is 0 Å². The van der Waals surface area contributed by atoms with Gasteiger partial charge in [-0.15, -0.1) is 10.2 Å². The molecule has 366 valence electrons. The van der Waals surface area contributed by atoms with E-state index in [-0.39, 0.29) is 35.6 Å². The molecule has 5 aromatic rings. The Morgan fingerprint density at radius 3 is 2.41 bits per heavy atom. The van der Waals surface area contributed by atoms with Crippen LogP contribution in [0.2, 0.25) is 5.02 Å². The van der Waals surface area contributed by atoms with Gasteiger partial charge in [0.25, 0.3) is 12.3 Å². The first-order valence-electron chi connectivity index (χ1n) is 25.0. The lowest BCUT2D eigenvalue weighted by atomic mass is 9.75. The van der Waals surface area contributed by atoms with Crippen LogP contribution < -0.4 is 19.9 Å². The minimum absolute atomic E-state index is 0.00755. The van der Waals surface area contributed by atoms with Gasteiger partial charge in [-0.05, 0) is 124 Å². The van der Waals surface area contributed by atoms with E-state index in [2.05, 4.69) is 46.1 Å². The summed E-state index contributed by atoms with van der Waals surface area (Å²) in [5, 5.41) is 31.2. The third-order valence-electron chi connectivity index (χ3n) is 16.0. The van der Waals surface area contributed by atoms with Crippen LogP contribution in [-0.4, -0.2) is 108 Å². The maximum Gasteiger partial charge on any atom is 0.272 e. The molecule has 5 aliphatic heterocycles. The fourth-order valence-electron chi connectivity index (χ4n) is 12.2. The van der Waals surface area contributed by atoms with Gasteiger partial charge in [0.05, 0.1) is 35.5 Å². The summed E-state index contributed by atoms with van der Waals surface area (Å²) in [5.41, 5.74) is 5.95. The van der Waals surface area contributed by atoms with Crippen LogP contribution in [0.4, 0.5) is 26.1 Å². The average Bonchev–Trinajstić information content (AvgIpc) is 3.99. The van der Waals surface area contributed by atoms with Crippen molar-refractivity contribution < 1.29 is 23.1 Å². The number of aromatic nitrogens is 6. The Bertz CT molecular complexity index is 2800. The van der Waals surface area contributed by atoms with Gasteiger partial charge >= 0.3 is 0 Å². The van der Waals surface area contributed by atoms with Gasteiger partial charge in [0.15, 0.2) is 17.3 Å². The lowest BCUT2D eigenvalue weighted by molar-refractivity contribution is -0.129. The van der Waals surface area contributed by atoms with Crippen molar-refractivity contribution in [3.8, 4) is 22.9 Å². The standard InChI is InChI=1S/C52H59ClF2N12O3/c1-31(68)64-19-15-47-44(30-64)51(65-16-3-4-33-20-42(35-27-57-62(2)29-35)43(50(54)55)25-48(33)65)61-67(47)39-22-37-21-38(23-39)66(37)28-32-13-17-63(18-14-32)49-12-11-46(59-60-49)52(69)58-36-6-9-40(10-7-36)70-41-8-5-34(26-56)45(53)24-41/h5,8,11-12,20,24-25,27,29,32,36-40,50H,3-4,6-7,9-10,13-19,21-23,28,30H2,1-2H3,(H,58,69). The molecule has 8 heterocycles. The zero-order valence-electron chi connectivity index (χ0n) is 39.7.